The van der Waals surface area contributed by atoms with Crippen LogP contribution >= 0.6 is 23.8 Å². The van der Waals surface area contributed by atoms with Crippen LogP contribution in [0.15, 0.2) is 53.6 Å². The first-order chi connectivity index (χ1) is 10.6. The number of thiocarbonyl (C=S) groups is 1. The van der Waals surface area contributed by atoms with E-state index in [-0.39, 0.29) is 0 Å². The highest BCUT2D eigenvalue weighted by molar-refractivity contribution is 7.80. The molecule has 22 heavy (non-hydrogen) atoms. The minimum Gasteiger partial charge on any atom is -0.497 e. The molecular weight excluding hydrogens is 318 g/mol. The van der Waals surface area contributed by atoms with Gasteiger partial charge in [0.2, 0.25) is 0 Å². The zero-order valence-corrected chi connectivity index (χ0v) is 13.8. The first-order valence-corrected chi connectivity index (χ1v) is 7.38. The fourth-order valence-electron chi connectivity index (χ4n) is 1.77. The van der Waals surface area contributed by atoms with E-state index in [2.05, 4.69) is 15.8 Å². The molecule has 4 nitrogen and oxygen atoms in total. The van der Waals surface area contributed by atoms with Gasteiger partial charge in [0, 0.05) is 16.8 Å². The zero-order valence-electron chi connectivity index (χ0n) is 12.3. The number of nitrogens with one attached hydrogen (secondary N) is 2. The van der Waals surface area contributed by atoms with Crippen molar-refractivity contribution < 1.29 is 4.74 Å². The second kappa shape index (κ2) is 7.77. The summed E-state index contributed by atoms with van der Waals surface area (Å²) in [6.07, 6.45) is 0. The Kier molecular flexibility index (Phi) is 5.75. The summed E-state index contributed by atoms with van der Waals surface area (Å²) in [7, 11) is 1.62. The molecule has 0 spiro atoms. The van der Waals surface area contributed by atoms with Crippen molar-refractivity contribution >= 4 is 40.3 Å². The van der Waals surface area contributed by atoms with Gasteiger partial charge < -0.3 is 10.1 Å². The molecule has 0 amide bonds. The molecule has 6 heteroatoms. The SMILES string of the molecule is COc1cccc(NC(=S)N/N=C(\C)c2cccc(Cl)c2)c1. The van der Waals surface area contributed by atoms with Crippen LogP contribution in [0.4, 0.5) is 5.69 Å². The topological polar surface area (TPSA) is 45.6 Å². The lowest BCUT2D eigenvalue weighted by Gasteiger charge is -2.09. The molecule has 0 aliphatic heterocycles. The molecule has 2 aromatic rings. The number of halogens is 1. The van der Waals surface area contributed by atoms with Crippen molar-refractivity contribution in [2.45, 2.75) is 6.92 Å². The third-order valence-corrected chi connectivity index (χ3v) is 3.32. The molecule has 2 rings (SSSR count). The Balaban J connectivity index is 1.98. The van der Waals surface area contributed by atoms with Crippen LogP contribution in [-0.4, -0.2) is 17.9 Å². The molecule has 0 saturated heterocycles. The predicted molar refractivity (Wildman–Crippen MR) is 96.0 cm³/mol. The lowest BCUT2D eigenvalue weighted by Crippen LogP contribution is -2.24. The maximum Gasteiger partial charge on any atom is 0.191 e. The number of nitrogens with zero attached hydrogens (tertiary/aromatic N) is 1. The number of benzene rings is 2. The van der Waals surface area contributed by atoms with E-state index in [1.54, 1.807) is 7.11 Å². The van der Waals surface area contributed by atoms with Gasteiger partial charge in [-0.1, -0.05) is 29.8 Å². The van der Waals surface area contributed by atoms with Crippen LogP contribution in [0.25, 0.3) is 0 Å². The molecule has 0 radical (unpaired) electrons. The molecule has 0 atom stereocenters. The minimum absolute atomic E-state index is 0.398. The second-order valence-electron chi connectivity index (χ2n) is 4.51. The van der Waals surface area contributed by atoms with Gasteiger partial charge in [-0.25, -0.2) is 0 Å². The fraction of sp³-hybridized carbons (Fsp3) is 0.125. The standard InChI is InChI=1S/C16H16ClN3OS/c1-11(12-5-3-6-13(17)9-12)19-20-16(22)18-14-7-4-8-15(10-14)21-2/h3-10H,1-2H3,(H2,18,20,22)/b19-11+. The first kappa shape index (κ1) is 16.3. The summed E-state index contributed by atoms with van der Waals surface area (Å²) in [6, 6.07) is 15.0. The highest BCUT2D eigenvalue weighted by Crippen LogP contribution is 2.16. The molecule has 0 aliphatic rings. The van der Waals surface area contributed by atoms with Crippen LogP contribution in [0.2, 0.25) is 5.02 Å². The fourth-order valence-corrected chi connectivity index (χ4v) is 2.13. The highest BCUT2D eigenvalue weighted by atomic mass is 35.5. The van der Waals surface area contributed by atoms with E-state index in [4.69, 9.17) is 28.6 Å². The van der Waals surface area contributed by atoms with Crippen molar-refractivity contribution in [3.8, 4) is 5.75 Å². The average Bonchev–Trinajstić information content (AvgIpc) is 2.52. The molecule has 0 heterocycles. The number of hydrogen-bond acceptors (Lipinski definition) is 3. The van der Waals surface area contributed by atoms with Crippen molar-refractivity contribution in [3.05, 3.63) is 59.1 Å². The number of hydrogen-bond donors (Lipinski definition) is 2. The quantitative estimate of drug-likeness (QED) is 0.503. The molecule has 0 unspecified atom stereocenters. The summed E-state index contributed by atoms with van der Waals surface area (Å²) in [5.74, 6) is 0.756. The summed E-state index contributed by atoms with van der Waals surface area (Å²) in [6.45, 7) is 1.88. The third-order valence-electron chi connectivity index (χ3n) is 2.90. The van der Waals surface area contributed by atoms with E-state index < -0.39 is 0 Å². The van der Waals surface area contributed by atoms with Crippen molar-refractivity contribution in [2.24, 2.45) is 5.10 Å². The normalized spacial score (nSPS) is 11.0. The van der Waals surface area contributed by atoms with E-state index in [1.807, 2.05) is 55.5 Å². The molecule has 0 aliphatic carbocycles. The van der Waals surface area contributed by atoms with Crippen molar-refractivity contribution in [3.63, 3.8) is 0 Å². The van der Waals surface area contributed by atoms with E-state index in [9.17, 15) is 0 Å². The Labute approximate surface area is 140 Å². The van der Waals surface area contributed by atoms with Crippen LogP contribution in [0, 0.1) is 0 Å². The van der Waals surface area contributed by atoms with Gasteiger partial charge in [0.25, 0.3) is 0 Å². The second-order valence-corrected chi connectivity index (χ2v) is 5.35. The average molecular weight is 334 g/mol. The van der Waals surface area contributed by atoms with Crippen LogP contribution in [-0.2, 0) is 0 Å². The van der Waals surface area contributed by atoms with E-state index >= 15 is 0 Å². The number of rotatable bonds is 4. The maximum atomic E-state index is 5.96. The molecule has 0 aromatic heterocycles. The van der Waals surface area contributed by atoms with Crippen LogP contribution < -0.4 is 15.5 Å². The van der Waals surface area contributed by atoms with Crippen molar-refractivity contribution in [1.29, 1.82) is 0 Å². The summed E-state index contributed by atoms with van der Waals surface area (Å²) in [5, 5.41) is 8.36. The van der Waals surface area contributed by atoms with Gasteiger partial charge in [-0.3, -0.25) is 5.43 Å². The molecule has 0 bridgehead atoms. The minimum atomic E-state index is 0.398. The number of methoxy groups -OCH3 is 1. The van der Waals surface area contributed by atoms with Crippen molar-refractivity contribution in [1.82, 2.24) is 5.43 Å². The first-order valence-electron chi connectivity index (χ1n) is 6.60. The molecule has 114 valence electrons. The third kappa shape index (κ3) is 4.72. The van der Waals surface area contributed by atoms with Gasteiger partial charge >= 0.3 is 0 Å². The van der Waals surface area contributed by atoms with Crippen LogP contribution in [0.1, 0.15) is 12.5 Å². The van der Waals surface area contributed by atoms with E-state index in [1.165, 1.54) is 0 Å². The molecule has 0 fully saturated rings. The lowest BCUT2D eigenvalue weighted by atomic mass is 10.1. The van der Waals surface area contributed by atoms with E-state index in [0.717, 1.165) is 22.7 Å². The predicted octanol–water partition coefficient (Wildman–Crippen LogP) is 4.06. The Hall–Kier alpha value is -2.11. The molecule has 2 N–H and O–H groups in total. The smallest absolute Gasteiger partial charge is 0.191 e. The van der Waals surface area contributed by atoms with Gasteiger partial charge in [0.05, 0.1) is 12.8 Å². The summed E-state index contributed by atoms with van der Waals surface area (Å²) in [5.41, 5.74) is 5.36. The number of hydrazone groups is 1. The molecule has 2 aromatic carbocycles. The monoisotopic (exact) mass is 333 g/mol. The largest absolute Gasteiger partial charge is 0.497 e. The lowest BCUT2D eigenvalue weighted by molar-refractivity contribution is 0.415. The van der Waals surface area contributed by atoms with Gasteiger partial charge in [0.1, 0.15) is 5.75 Å². The summed E-state index contributed by atoms with van der Waals surface area (Å²) >= 11 is 11.2. The van der Waals surface area contributed by atoms with E-state index in [0.29, 0.717) is 10.1 Å². The Morgan fingerprint density at radius 1 is 1.18 bits per heavy atom. The van der Waals surface area contributed by atoms with Gasteiger partial charge in [-0.2, -0.15) is 5.10 Å². The van der Waals surface area contributed by atoms with Gasteiger partial charge in [0.15, 0.2) is 5.11 Å². The van der Waals surface area contributed by atoms with Crippen LogP contribution in [0.5, 0.6) is 5.75 Å². The number of anilines is 1. The zero-order chi connectivity index (χ0) is 15.9. The Morgan fingerprint density at radius 3 is 2.68 bits per heavy atom. The molecular formula is C16H16ClN3OS. The summed E-state index contributed by atoms with van der Waals surface area (Å²) < 4.78 is 5.16. The van der Waals surface area contributed by atoms with Crippen molar-refractivity contribution in [2.75, 3.05) is 12.4 Å². The van der Waals surface area contributed by atoms with Gasteiger partial charge in [-0.15, -0.1) is 0 Å². The number of ether oxygens (including phenoxy) is 1. The van der Waals surface area contributed by atoms with Crippen LogP contribution in [0.3, 0.4) is 0 Å². The maximum absolute atomic E-state index is 5.96. The van der Waals surface area contributed by atoms with Gasteiger partial charge in [-0.05, 0) is 49.0 Å². The Bertz CT molecular complexity index is 703. The Morgan fingerprint density at radius 2 is 1.95 bits per heavy atom. The summed E-state index contributed by atoms with van der Waals surface area (Å²) in [4.78, 5) is 0. The molecule has 0 saturated carbocycles. The highest BCUT2D eigenvalue weighted by Gasteiger charge is 2.01.